The van der Waals surface area contributed by atoms with E-state index in [1.807, 2.05) is 13.8 Å². The van der Waals surface area contributed by atoms with E-state index in [9.17, 15) is 9.59 Å². The van der Waals surface area contributed by atoms with Gasteiger partial charge < -0.3 is 10.1 Å². The third-order valence-corrected chi connectivity index (χ3v) is 3.50. The fraction of sp³-hybridized carbons (Fsp3) is 0.467. The molecule has 0 spiro atoms. The van der Waals surface area contributed by atoms with Gasteiger partial charge in [-0.2, -0.15) is 0 Å². The van der Waals surface area contributed by atoms with Crippen LogP contribution < -0.4 is 5.32 Å². The summed E-state index contributed by atoms with van der Waals surface area (Å²) in [7, 11) is 1.33. The minimum absolute atomic E-state index is 0.0728. The fourth-order valence-electron chi connectivity index (χ4n) is 1.70. The van der Waals surface area contributed by atoms with E-state index in [-0.39, 0.29) is 24.2 Å². The molecule has 0 saturated heterocycles. The molecule has 0 saturated carbocycles. The number of halogens is 1. The molecule has 0 heterocycles. The van der Waals surface area contributed by atoms with Crippen molar-refractivity contribution in [1.82, 2.24) is 5.32 Å². The van der Waals surface area contributed by atoms with E-state index < -0.39 is 6.04 Å². The van der Waals surface area contributed by atoms with Crippen LogP contribution in [0.3, 0.4) is 0 Å². The molecule has 1 N–H and O–H groups in total. The molecule has 0 aliphatic heterocycles. The third-order valence-electron chi connectivity index (χ3n) is 3.25. The number of benzene rings is 1. The summed E-state index contributed by atoms with van der Waals surface area (Å²) in [6.07, 6.45) is 0.845. The zero-order valence-corrected chi connectivity index (χ0v) is 12.7. The number of hydrogen-bond donors (Lipinski definition) is 1. The number of ether oxygens (including phenoxy) is 1. The maximum Gasteiger partial charge on any atom is 0.307 e. The first-order chi connectivity index (χ1) is 9.47. The van der Waals surface area contributed by atoms with Crippen LogP contribution in [0.5, 0.6) is 0 Å². The molecule has 1 rings (SSSR count). The van der Waals surface area contributed by atoms with E-state index in [1.165, 1.54) is 7.11 Å². The van der Waals surface area contributed by atoms with Gasteiger partial charge in [0.1, 0.15) is 0 Å². The molecule has 1 amide bonds. The minimum Gasteiger partial charge on any atom is -0.469 e. The fourth-order valence-corrected chi connectivity index (χ4v) is 1.82. The molecule has 0 aliphatic carbocycles. The molecule has 4 nitrogen and oxygen atoms in total. The highest BCUT2D eigenvalue weighted by atomic mass is 35.5. The molecule has 20 heavy (non-hydrogen) atoms. The summed E-state index contributed by atoms with van der Waals surface area (Å²) in [5.41, 5.74) is 0.830. The average Bonchev–Trinajstić information content (AvgIpc) is 2.46. The van der Waals surface area contributed by atoms with E-state index >= 15 is 0 Å². The number of amides is 1. The highest BCUT2D eigenvalue weighted by molar-refractivity contribution is 6.30. The van der Waals surface area contributed by atoms with Gasteiger partial charge in [-0.25, -0.2) is 0 Å². The van der Waals surface area contributed by atoms with E-state index in [0.717, 1.165) is 12.0 Å². The van der Waals surface area contributed by atoms with Gasteiger partial charge in [0.15, 0.2) is 0 Å². The van der Waals surface area contributed by atoms with Crippen molar-refractivity contribution in [2.45, 2.75) is 32.7 Å². The van der Waals surface area contributed by atoms with Gasteiger partial charge >= 0.3 is 5.97 Å². The summed E-state index contributed by atoms with van der Waals surface area (Å²) >= 11 is 5.85. The summed E-state index contributed by atoms with van der Waals surface area (Å²) < 4.78 is 4.68. The van der Waals surface area contributed by atoms with Crippen molar-refractivity contribution in [2.24, 2.45) is 5.92 Å². The molecule has 5 heteroatoms. The summed E-state index contributed by atoms with van der Waals surface area (Å²) in [5, 5.41) is 3.50. The second-order valence-electron chi connectivity index (χ2n) is 4.70. The predicted octanol–water partition coefficient (Wildman–Crippen LogP) is 3.11. The number of nitrogens with one attached hydrogen (secondary N) is 1. The highest BCUT2D eigenvalue weighted by Gasteiger charge is 2.21. The van der Waals surface area contributed by atoms with Crippen molar-refractivity contribution in [3.8, 4) is 0 Å². The average molecular weight is 298 g/mol. The van der Waals surface area contributed by atoms with E-state index in [2.05, 4.69) is 10.1 Å². The van der Waals surface area contributed by atoms with Crippen molar-refractivity contribution < 1.29 is 14.3 Å². The van der Waals surface area contributed by atoms with Crippen LogP contribution >= 0.6 is 11.6 Å². The predicted molar refractivity (Wildman–Crippen MR) is 78.4 cm³/mol. The van der Waals surface area contributed by atoms with Gasteiger partial charge in [-0.1, -0.05) is 37.6 Å². The summed E-state index contributed by atoms with van der Waals surface area (Å²) in [6.45, 7) is 3.80. The lowest BCUT2D eigenvalue weighted by molar-refractivity contribution is -0.141. The van der Waals surface area contributed by atoms with Gasteiger partial charge in [-0.05, 0) is 24.1 Å². The monoisotopic (exact) mass is 297 g/mol. The van der Waals surface area contributed by atoms with Gasteiger partial charge in [-0.3, -0.25) is 9.59 Å². The molecule has 1 aromatic carbocycles. The Hall–Kier alpha value is -1.55. The molecule has 2 atom stereocenters. The van der Waals surface area contributed by atoms with Crippen LogP contribution in [0.25, 0.3) is 0 Å². The molecular weight excluding hydrogens is 278 g/mol. The SMILES string of the molecule is CCC(C)C(=O)NC(CC(=O)OC)c1ccc(Cl)cc1. The number of rotatable bonds is 6. The summed E-state index contributed by atoms with van der Waals surface area (Å²) in [6, 6.07) is 6.66. The Morgan fingerprint density at radius 1 is 1.30 bits per heavy atom. The van der Waals surface area contributed by atoms with Crippen LogP contribution in [0.1, 0.15) is 38.3 Å². The van der Waals surface area contributed by atoms with Crippen LogP contribution in [0.15, 0.2) is 24.3 Å². The van der Waals surface area contributed by atoms with Gasteiger partial charge in [0.2, 0.25) is 5.91 Å². The van der Waals surface area contributed by atoms with Crippen LogP contribution in [0.2, 0.25) is 5.02 Å². The second kappa shape index (κ2) is 7.90. The molecule has 0 aromatic heterocycles. The first-order valence-electron chi connectivity index (χ1n) is 6.60. The number of methoxy groups -OCH3 is 1. The van der Waals surface area contributed by atoms with Crippen molar-refractivity contribution in [2.75, 3.05) is 7.11 Å². The lowest BCUT2D eigenvalue weighted by Gasteiger charge is -2.20. The Bertz CT molecular complexity index is 459. The summed E-state index contributed by atoms with van der Waals surface area (Å²) in [4.78, 5) is 23.5. The van der Waals surface area contributed by atoms with E-state index in [1.54, 1.807) is 24.3 Å². The second-order valence-corrected chi connectivity index (χ2v) is 5.14. The zero-order valence-electron chi connectivity index (χ0n) is 12.0. The number of hydrogen-bond acceptors (Lipinski definition) is 3. The van der Waals surface area contributed by atoms with Gasteiger partial charge in [0.05, 0.1) is 19.6 Å². The lowest BCUT2D eigenvalue weighted by Crippen LogP contribution is -2.34. The molecule has 0 fully saturated rings. The van der Waals surface area contributed by atoms with E-state index in [0.29, 0.717) is 5.02 Å². The van der Waals surface area contributed by atoms with Crippen molar-refractivity contribution >= 4 is 23.5 Å². The number of esters is 1. The molecule has 0 radical (unpaired) electrons. The third kappa shape index (κ3) is 4.85. The first kappa shape index (κ1) is 16.5. The van der Waals surface area contributed by atoms with Crippen molar-refractivity contribution in [3.05, 3.63) is 34.9 Å². The van der Waals surface area contributed by atoms with Crippen molar-refractivity contribution in [3.63, 3.8) is 0 Å². The van der Waals surface area contributed by atoms with Gasteiger partial charge in [-0.15, -0.1) is 0 Å². The molecule has 1 aromatic rings. The Kier molecular flexibility index (Phi) is 6.52. The zero-order chi connectivity index (χ0) is 15.1. The maximum atomic E-state index is 12.0. The topological polar surface area (TPSA) is 55.4 Å². The Morgan fingerprint density at radius 3 is 2.40 bits per heavy atom. The maximum absolute atomic E-state index is 12.0. The number of carbonyl (C=O) groups is 2. The highest BCUT2D eigenvalue weighted by Crippen LogP contribution is 2.20. The quantitative estimate of drug-likeness (QED) is 0.821. The van der Waals surface area contributed by atoms with Crippen LogP contribution in [0.4, 0.5) is 0 Å². The first-order valence-corrected chi connectivity index (χ1v) is 6.98. The van der Waals surface area contributed by atoms with Crippen LogP contribution in [-0.2, 0) is 14.3 Å². The smallest absolute Gasteiger partial charge is 0.307 e. The van der Waals surface area contributed by atoms with Gasteiger partial charge in [0.25, 0.3) is 0 Å². The molecule has 0 bridgehead atoms. The Labute approximate surface area is 124 Å². The molecule has 110 valence electrons. The standard InChI is InChI=1S/C15H20ClNO3/c1-4-10(2)15(19)17-13(9-14(18)20-3)11-5-7-12(16)8-6-11/h5-8,10,13H,4,9H2,1-3H3,(H,17,19). The van der Waals surface area contributed by atoms with Crippen molar-refractivity contribution in [1.29, 1.82) is 0 Å². The molecule has 2 unspecified atom stereocenters. The number of carbonyl (C=O) groups excluding carboxylic acids is 2. The van der Waals surface area contributed by atoms with Crippen LogP contribution in [-0.4, -0.2) is 19.0 Å². The molecular formula is C15H20ClNO3. The Morgan fingerprint density at radius 2 is 1.90 bits per heavy atom. The minimum atomic E-state index is -0.402. The summed E-state index contributed by atoms with van der Waals surface area (Å²) in [5.74, 6) is -0.534. The van der Waals surface area contributed by atoms with Gasteiger partial charge in [0, 0.05) is 10.9 Å². The largest absolute Gasteiger partial charge is 0.469 e. The lowest BCUT2D eigenvalue weighted by atomic mass is 10.0. The van der Waals surface area contributed by atoms with E-state index in [4.69, 9.17) is 11.6 Å². The molecule has 0 aliphatic rings. The Balaban J connectivity index is 2.87. The normalized spacial score (nSPS) is 13.4. The van der Waals surface area contributed by atoms with Crippen LogP contribution in [0, 0.1) is 5.92 Å².